The van der Waals surface area contributed by atoms with Crippen LogP contribution in [0.5, 0.6) is 0 Å². The highest BCUT2D eigenvalue weighted by atomic mass is 16.5. The molecule has 1 N–H and O–H groups in total. The SMILES string of the molecule is Cn1cc(NC(=O)N2CCCCC[C@@H]2c2noc(-c3ccccc3)n2)cn1. The molecular weight excluding hydrogens is 344 g/mol. The highest BCUT2D eigenvalue weighted by Gasteiger charge is 2.30. The molecule has 0 bridgehead atoms. The molecule has 0 radical (unpaired) electrons. The predicted molar refractivity (Wildman–Crippen MR) is 99.9 cm³/mol. The number of hydrogen-bond acceptors (Lipinski definition) is 5. The molecule has 1 saturated heterocycles. The second-order valence-corrected chi connectivity index (χ2v) is 6.72. The molecule has 3 heterocycles. The lowest BCUT2D eigenvalue weighted by Gasteiger charge is -2.27. The smallest absolute Gasteiger partial charge is 0.322 e. The Morgan fingerprint density at radius 1 is 1.22 bits per heavy atom. The number of nitrogens with one attached hydrogen (secondary N) is 1. The summed E-state index contributed by atoms with van der Waals surface area (Å²) in [6.07, 6.45) is 7.28. The van der Waals surface area contributed by atoms with Crippen LogP contribution in [0.1, 0.15) is 37.5 Å². The third-order valence-corrected chi connectivity index (χ3v) is 4.73. The van der Waals surface area contributed by atoms with Gasteiger partial charge in [-0.2, -0.15) is 10.1 Å². The third kappa shape index (κ3) is 3.84. The lowest BCUT2D eigenvalue weighted by Crippen LogP contribution is -2.38. The first-order valence-corrected chi connectivity index (χ1v) is 9.16. The van der Waals surface area contributed by atoms with E-state index in [1.54, 1.807) is 22.0 Å². The van der Waals surface area contributed by atoms with Gasteiger partial charge in [-0.1, -0.05) is 36.2 Å². The fourth-order valence-electron chi connectivity index (χ4n) is 3.37. The summed E-state index contributed by atoms with van der Waals surface area (Å²) in [6, 6.07) is 9.29. The monoisotopic (exact) mass is 366 g/mol. The molecule has 1 aliphatic heterocycles. The highest BCUT2D eigenvalue weighted by Crippen LogP contribution is 2.30. The molecule has 1 atom stereocenters. The molecule has 0 unspecified atom stereocenters. The molecule has 8 heteroatoms. The number of anilines is 1. The zero-order valence-corrected chi connectivity index (χ0v) is 15.2. The van der Waals surface area contributed by atoms with Crippen LogP contribution >= 0.6 is 0 Å². The first-order valence-electron chi connectivity index (χ1n) is 9.16. The molecule has 3 aromatic rings. The van der Waals surface area contributed by atoms with Crippen molar-refractivity contribution in [2.24, 2.45) is 7.05 Å². The average Bonchev–Trinajstić information content (AvgIpc) is 3.25. The van der Waals surface area contributed by atoms with E-state index in [9.17, 15) is 4.79 Å². The van der Waals surface area contributed by atoms with Crippen LogP contribution in [0.15, 0.2) is 47.2 Å². The van der Waals surface area contributed by atoms with Gasteiger partial charge in [0.15, 0.2) is 5.82 Å². The Hall–Kier alpha value is -3.16. The van der Waals surface area contributed by atoms with Gasteiger partial charge in [0.2, 0.25) is 0 Å². The zero-order chi connectivity index (χ0) is 18.6. The maximum atomic E-state index is 12.9. The van der Waals surface area contributed by atoms with Gasteiger partial charge >= 0.3 is 6.03 Å². The minimum atomic E-state index is -0.203. The maximum absolute atomic E-state index is 12.9. The summed E-state index contributed by atoms with van der Waals surface area (Å²) in [5.41, 5.74) is 1.54. The summed E-state index contributed by atoms with van der Waals surface area (Å²) >= 11 is 0. The minimum Gasteiger partial charge on any atom is -0.334 e. The second-order valence-electron chi connectivity index (χ2n) is 6.72. The molecule has 2 aromatic heterocycles. The first kappa shape index (κ1) is 17.3. The number of benzene rings is 1. The third-order valence-electron chi connectivity index (χ3n) is 4.73. The first-order chi connectivity index (χ1) is 13.2. The van der Waals surface area contributed by atoms with E-state index in [2.05, 4.69) is 20.6 Å². The van der Waals surface area contributed by atoms with Crippen LogP contribution in [0, 0.1) is 0 Å². The van der Waals surface area contributed by atoms with Crippen LogP contribution < -0.4 is 5.32 Å². The molecule has 0 aliphatic carbocycles. The molecule has 0 saturated carbocycles. The average molecular weight is 366 g/mol. The van der Waals surface area contributed by atoms with Gasteiger partial charge in [0.05, 0.1) is 17.9 Å². The molecule has 4 rings (SSSR count). The number of aryl methyl sites for hydroxylation is 1. The molecule has 27 heavy (non-hydrogen) atoms. The van der Waals surface area contributed by atoms with Crippen molar-refractivity contribution >= 4 is 11.7 Å². The van der Waals surface area contributed by atoms with Gasteiger partial charge in [-0.25, -0.2) is 4.79 Å². The summed E-state index contributed by atoms with van der Waals surface area (Å²) in [5, 5.41) is 11.2. The van der Waals surface area contributed by atoms with Gasteiger partial charge in [-0.05, 0) is 25.0 Å². The Kier molecular flexibility index (Phi) is 4.86. The van der Waals surface area contributed by atoms with Crippen molar-refractivity contribution in [2.45, 2.75) is 31.7 Å². The number of hydrogen-bond donors (Lipinski definition) is 1. The van der Waals surface area contributed by atoms with Crippen molar-refractivity contribution in [3.63, 3.8) is 0 Å². The van der Waals surface area contributed by atoms with E-state index in [0.29, 0.717) is 23.9 Å². The quantitative estimate of drug-likeness (QED) is 0.765. The van der Waals surface area contributed by atoms with E-state index in [0.717, 1.165) is 31.2 Å². The summed E-state index contributed by atoms with van der Waals surface area (Å²) in [7, 11) is 1.81. The summed E-state index contributed by atoms with van der Waals surface area (Å²) in [4.78, 5) is 19.3. The van der Waals surface area contributed by atoms with Crippen molar-refractivity contribution < 1.29 is 9.32 Å². The summed E-state index contributed by atoms with van der Waals surface area (Å²) in [5.74, 6) is 1.03. The Morgan fingerprint density at radius 3 is 2.85 bits per heavy atom. The molecule has 1 fully saturated rings. The standard InChI is InChI=1S/C19H22N6O2/c1-24-13-15(12-20-24)21-19(26)25-11-7-3-6-10-16(25)17-22-18(27-23-17)14-8-4-2-5-9-14/h2,4-5,8-9,12-13,16H,3,6-7,10-11H2,1H3,(H,21,26)/t16-/m1/s1. The summed E-state index contributed by atoms with van der Waals surface area (Å²) < 4.78 is 7.12. The predicted octanol–water partition coefficient (Wildman–Crippen LogP) is 3.62. The maximum Gasteiger partial charge on any atom is 0.322 e. The van der Waals surface area contributed by atoms with Crippen molar-refractivity contribution in [3.05, 3.63) is 48.5 Å². The second kappa shape index (κ2) is 7.61. The van der Waals surface area contributed by atoms with Crippen LogP contribution in [0.2, 0.25) is 0 Å². The topological polar surface area (TPSA) is 89.1 Å². The van der Waals surface area contributed by atoms with E-state index in [-0.39, 0.29) is 12.1 Å². The van der Waals surface area contributed by atoms with Crippen LogP contribution in [-0.2, 0) is 7.05 Å². The number of nitrogens with zero attached hydrogens (tertiary/aromatic N) is 5. The number of urea groups is 1. The van der Waals surface area contributed by atoms with Crippen LogP contribution in [0.25, 0.3) is 11.5 Å². The van der Waals surface area contributed by atoms with E-state index in [4.69, 9.17) is 4.52 Å². The molecule has 1 aliphatic rings. The van der Waals surface area contributed by atoms with Crippen molar-refractivity contribution in [1.29, 1.82) is 0 Å². The van der Waals surface area contributed by atoms with Crippen molar-refractivity contribution in [3.8, 4) is 11.5 Å². The van der Waals surface area contributed by atoms with Crippen molar-refractivity contribution in [1.82, 2.24) is 24.8 Å². The Morgan fingerprint density at radius 2 is 2.07 bits per heavy atom. The number of carbonyl (C=O) groups is 1. The highest BCUT2D eigenvalue weighted by molar-refractivity contribution is 5.89. The Balaban J connectivity index is 1.57. The summed E-state index contributed by atoms with van der Waals surface area (Å²) in [6.45, 7) is 0.659. The number of likely N-dealkylation sites (tertiary alicyclic amines) is 1. The van der Waals surface area contributed by atoms with Gasteiger partial charge < -0.3 is 14.7 Å². The molecule has 2 amide bonds. The molecule has 1 aromatic carbocycles. The Labute approximate surface area is 157 Å². The molecule has 0 spiro atoms. The van der Waals surface area contributed by atoms with Gasteiger partial charge in [0.25, 0.3) is 5.89 Å². The number of carbonyl (C=O) groups excluding carboxylic acids is 1. The van der Waals surface area contributed by atoms with E-state index in [1.165, 1.54) is 0 Å². The fourth-order valence-corrected chi connectivity index (χ4v) is 3.37. The normalized spacial score (nSPS) is 17.5. The van der Waals surface area contributed by atoms with E-state index in [1.807, 2.05) is 37.4 Å². The number of rotatable bonds is 3. The zero-order valence-electron chi connectivity index (χ0n) is 15.2. The molecular formula is C19H22N6O2. The molecule has 140 valence electrons. The lowest BCUT2D eigenvalue weighted by atomic mass is 10.1. The van der Waals surface area contributed by atoms with Crippen LogP contribution in [0.3, 0.4) is 0 Å². The van der Waals surface area contributed by atoms with Gasteiger partial charge in [0, 0.05) is 25.4 Å². The van der Waals surface area contributed by atoms with Crippen molar-refractivity contribution in [2.75, 3.05) is 11.9 Å². The Bertz CT molecular complexity index is 904. The van der Waals surface area contributed by atoms with E-state index < -0.39 is 0 Å². The lowest BCUT2D eigenvalue weighted by molar-refractivity contribution is 0.185. The largest absolute Gasteiger partial charge is 0.334 e. The molecule has 8 nitrogen and oxygen atoms in total. The van der Waals surface area contributed by atoms with Gasteiger partial charge in [-0.3, -0.25) is 4.68 Å². The van der Waals surface area contributed by atoms with Gasteiger partial charge in [-0.15, -0.1) is 0 Å². The minimum absolute atomic E-state index is 0.166. The van der Waals surface area contributed by atoms with Gasteiger partial charge in [0.1, 0.15) is 0 Å². The number of amides is 2. The fraction of sp³-hybridized carbons (Fsp3) is 0.368. The van der Waals surface area contributed by atoms with E-state index >= 15 is 0 Å². The van der Waals surface area contributed by atoms with Crippen LogP contribution in [-0.4, -0.2) is 37.4 Å². The van der Waals surface area contributed by atoms with Crippen LogP contribution in [0.4, 0.5) is 10.5 Å². The number of aromatic nitrogens is 4.